The standard InChI is InChI=1S/C18H14F3N3O2/c19-18(20,21)14-6-3-5-13(11-14)15-12-23(9-4-8-22-26)16-7-1-2-10-24(16)17(15)25/h1-3,5-8,10-12H,4,9H2/p+1/b22-8+. The Bertz CT molecular complexity index is 1030. The summed E-state index contributed by atoms with van der Waals surface area (Å²) in [7, 11) is 0. The molecule has 3 rings (SSSR count). The molecule has 0 saturated heterocycles. The number of oxime groups is 1. The van der Waals surface area contributed by atoms with E-state index >= 15 is 0 Å². The highest BCUT2D eigenvalue weighted by molar-refractivity contribution is 5.63. The second kappa shape index (κ2) is 6.99. The van der Waals surface area contributed by atoms with Gasteiger partial charge >= 0.3 is 11.7 Å². The number of hydrogen-bond acceptors (Lipinski definition) is 3. The smallest absolute Gasteiger partial charge is 0.411 e. The minimum Gasteiger partial charge on any atom is -0.411 e. The van der Waals surface area contributed by atoms with Gasteiger partial charge in [0.05, 0.1) is 18.3 Å². The first-order chi connectivity index (χ1) is 12.4. The van der Waals surface area contributed by atoms with Gasteiger partial charge in [-0.05, 0) is 23.8 Å². The summed E-state index contributed by atoms with van der Waals surface area (Å²) in [6.45, 7) is 0.393. The SMILES string of the molecule is O=c1c(-c2cccc(C(F)(F)F)c2)c[n+](CC/C=N/O)c2ccccn12. The number of alkyl halides is 3. The lowest BCUT2D eigenvalue weighted by Crippen LogP contribution is -2.40. The minimum atomic E-state index is -4.49. The van der Waals surface area contributed by atoms with Crippen LogP contribution in [-0.4, -0.2) is 15.8 Å². The topological polar surface area (TPSA) is 58.0 Å². The maximum atomic E-state index is 13.0. The molecule has 0 atom stereocenters. The summed E-state index contributed by atoms with van der Waals surface area (Å²) in [5, 5.41) is 11.5. The Balaban J connectivity index is 2.20. The lowest BCUT2D eigenvalue weighted by Gasteiger charge is -2.09. The van der Waals surface area contributed by atoms with Crippen molar-refractivity contribution in [3.8, 4) is 11.1 Å². The number of pyridine rings is 1. The Labute approximate surface area is 146 Å². The quantitative estimate of drug-likeness (QED) is 0.336. The van der Waals surface area contributed by atoms with E-state index < -0.39 is 17.3 Å². The van der Waals surface area contributed by atoms with Crippen LogP contribution in [0.5, 0.6) is 0 Å². The van der Waals surface area contributed by atoms with Crippen LogP contribution in [0, 0.1) is 0 Å². The van der Waals surface area contributed by atoms with E-state index in [1.807, 2.05) is 0 Å². The maximum absolute atomic E-state index is 13.0. The third-order valence-corrected chi connectivity index (χ3v) is 3.95. The number of benzene rings is 1. The summed E-state index contributed by atoms with van der Waals surface area (Å²) in [5.41, 5.74) is -0.300. The van der Waals surface area contributed by atoms with Crippen molar-refractivity contribution in [2.75, 3.05) is 0 Å². The highest BCUT2D eigenvalue weighted by Crippen LogP contribution is 2.31. The first-order valence-corrected chi connectivity index (χ1v) is 7.79. The van der Waals surface area contributed by atoms with Crippen LogP contribution < -0.4 is 10.1 Å². The fraction of sp³-hybridized carbons (Fsp3) is 0.167. The molecule has 2 heterocycles. The van der Waals surface area contributed by atoms with Gasteiger partial charge in [-0.2, -0.15) is 17.6 Å². The molecular weight excluding hydrogens is 347 g/mol. The molecule has 0 amide bonds. The Morgan fingerprint density at radius 1 is 1.19 bits per heavy atom. The monoisotopic (exact) mass is 362 g/mol. The molecule has 0 aliphatic rings. The highest BCUT2D eigenvalue weighted by atomic mass is 19.4. The Hall–Kier alpha value is -3.16. The van der Waals surface area contributed by atoms with Gasteiger partial charge in [0.25, 0.3) is 5.65 Å². The molecule has 0 unspecified atom stereocenters. The Kier molecular flexibility index (Phi) is 4.75. The fourth-order valence-corrected chi connectivity index (χ4v) is 2.74. The maximum Gasteiger partial charge on any atom is 0.416 e. The molecule has 1 aromatic carbocycles. The average Bonchev–Trinajstić information content (AvgIpc) is 2.63. The third-order valence-electron chi connectivity index (χ3n) is 3.95. The molecule has 26 heavy (non-hydrogen) atoms. The van der Waals surface area contributed by atoms with E-state index in [1.54, 1.807) is 29.0 Å². The lowest BCUT2D eigenvalue weighted by molar-refractivity contribution is -0.672. The first-order valence-electron chi connectivity index (χ1n) is 7.79. The van der Waals surface area contributed by atoms with Crippen molar-refractivity contribution in [2.24, 2.45) is 5.16 Å². The molecule has 0 saturated carbocycles. The van der Waals surface area contributed by atoms with Crippen LogP contribution in [0.3, 0.4) is 0 Å². The first kappa shape index (κ1) is 17.7. The van der Waals surface area contributed by atoms with Gasteiger partial charge in [-0.25, -0.2) is 9.36 Å². The molecule has 0 bridgehead atoms. The molecule has 5 nitrogen and oxygen atoms in total. The van der Waals surface area contributed by atoms with Gasteiger partial charge < -0.3 is 5.21 Å². The summed E-state index contributed by atoms with van der Waals surface area (Å²) >= 11 is 0. The van der Waals surface area contributed by atoms with Crippen molar-refractivity contribution >= 4 is 11.9 Å². The zero-order valence-corrected chi connectivity index (χ0v) is 13.5. The van der Waals surface area contributed by atoms with Crippen molar-refractivity contribution in [3.63, 3.8) is 0 Å². The number of aromatic nitrogens is 2. The van der Waals surface area contributed by atoms with Crippen LogP contribution in [0.15, 0.2) is 64.8 Å². The molecule has 0 fully saturated rings. The summed E-state index contributed by atoms with van der Waals surface area (Å²) in [6.07, 6.45) is 0.299. The van der Waals surface area contributed by atoms with Crippen LogP contribution in [0.1, 0.15) is 12.0 Å². The summed E-state index contributed by atoms with van der Waals surface area (Å²) < 4.78 is 42.1. The third kappa shape index (κ3) is 3.44. The summed E-state index contributed by atoms with van der Waals surface area (Å²) in [6, 6.07) is 9.84. The second-order valence-electron chi connectivity index (χ2n) is 5.64. The number of fused-ring (bicyclic) bond motifs is 1. The molecule has 8 heteroatoms. The van der Waals surface area contributed by atoms with Gasteiger partial charge in [0.15, 0.2) is 0 Å². The van der Waals surface area contributed by atoms with Crippen LogP contribution in [0.4, 0.5) is 13.2 Å². The largest absolute Gasteiger partial charge is 0.416 e. The van der Waals surface area contributed by atoms with Gasteiger partial charge in [0.1, 0.15) is 11.8 Å². The summed E-state index contributed by atoms with van der Waals surface area (Å²) in [4.78, 5) is 12.8. The minimum absolute atomic E-state index is 0.153. The number of nitrogens with zero attached hydrogens (tertiary/aromatic N) is 3. The van der Waals surface area contributed by atoms with Crippen molar-refractivity contribution < 1.29 is 22.9 Å². The molecule has 1 N–H and O–H groups in total. The van der Waals surface area contributed by atoms with Crippen LogP contribution in [0.25, 0.3) is 16.8 Å². The number of hydrogen-bond donors (Lipinski definition) is 1. The van der Waals surface area contributed by atoms with Gasteiger partial charge in [-0.15, -0.1) is 5.16 Å². The number of rotatable bonds is 4. The van der Waals surface area contributed by atoms with E-state index in [9.17, 15) is 18.0 Å². The predicted molar refractivity (Wildman–Crippen MR) is 89.2 cm³/mol. The molecule has 0 spiro atoms. The van der Waals surface area contributed by atoms with Gasteiger partial charge in [0.2, 0.25) is 0 Å². The number of halogens is 3. The highest BCUT2D eigenvalue weighted by Gasteiger charge is 2.31. The Morgan fingerprint density at radius 2 is 2.00 bits per heavy atom. The van der Waals surface area contributed by atoms with E-state index in [1.165, 1.54) is 28.9 Å². The van der Waals surface area contributed by atoms with Gasteiger partial charge in [0, 0.05) is 18.7 Å². The zero-order valence-electron chi connectivity index (χ0n) is 13.5. The van der Waals surface area contributed by atoms with Crippen molar-refractivity contribution in [1.82, 2.24) is 4.40 Å². The normalized spacial score (nSPS) is 12.1. The van der Waals surface area contributed by atoms with Crippen molar-refractivity contribution in [2.45, 2.75) is 19.1 Å². The molecule has 0 aliphatic carbocycles. The van der Waals surface area contributed by atoms with Crippen molar-refractivity contribution in [3.05, 3.63) is 70.8 Å². The molecule has 0 radical (unpaired) electrons. The Morgan fingerprint density at radius 3 is 2.73 bits per heavy atom. The molecule has 134 valence electrons. The van der Waals surface area contributed by atoms with E-state index in [0.717, 1.165) is 12.1 Å². The molecule has 2 aromatic heterocycles. The lowest BCUT2D eigenvalue weighted by atomic mass is 10.1. The van der Waals surface area contributed by atoms with Gasteiger partial charge in [-0.1, -0.05) is 18.2 Å². The van der Waals surface area contributed by atoms with E-state index in [4.69, 9.17) is 5.21 Å². The average molecular weight is 362 g/mol. The van der Waals surface area contributed by atoms with E-state index in [-0.39, 0.29) is 11.1 Å². The van der Waals surface area contributed by atoms with E-state index in [2.05, 4.69) is 5.16 Å². The number of aryl methyl sites for hydroxylation is 1. The van der Waals surface area contributed by atoms with Gasteiger partial charge in [-0.3, -0.25) is 0 Å². The van der Waals surface area contributed by atoms with Crippen LogP contribution in [0.2, 0.25) is 0 Å². The second-order valence-corrected chi connectivity index (χ2v) is 5.64. The van der Waals surface area contributed by atoms with Crippen LogP contribution >= 0.6 is 0 Å². The van der Waals surface area contributed by atoms with Crippen LogP contribution in [-0.2, 0) is 12.7 Å². The molecule has 3 aromatic rings. The van der Waals surface area contributed by atoms with E-state index in [0.29, 0.717) is 18.6 Å². The summed E-state index contributed by atoms with van der Waals surface area (Å²) in [5.74, 6) is 0. The predicted octanol–water partition coefficient (Wildman–Crippen LogP) is 3.12. The molecular formula is C18H15F3N3O2+. The zero-order chi connectivity index (χ0) is 18.7. The van der Waals surface area contributed by atoms with Crippen molar-refractivity contribution in [1.29, 1.82) is 0 Å². The molecule has 0 aliphatic heterocycles. The fourth-order valence-electron chi connectivity index (χ4n) is 2.74.